The van der Waals surface area contributed by atoms with Gasteiger partial charge in [-0.05, 0) is 39.0 Å². The zero-order chi connectivity index (χ0) is 9.27. The van der Waals surface area contributed by atoms with Crippen LogP contribution in [-0.4, -0.2) is 11.2 Å². The lowest BCUT2D eigenvalue weighted by molar-refractivity contribution is 0.0116. The van der Waals surface area contributed by atoms with Gasteiger partial charge in [0.1, 0.15) is 0 Å². The smallest absolute Gasteiger partial charge is 0.0639 e. The van der Waals surface area contributed by atoms with Crippen LogP contribution in [0.15, 0.2) is 11.1 Å². The summed E-state index contributed by atoms with van der Waals surface area (Å²) in [6.07, 6.45) is 6.22. The van der Waals surface area contributed by atoms with Gasteiger partial charge >= 0.3 is 0 Å². The number of hydrogen-bond donors (Lipinski definition) is 1. The fraction of sp³-hybridized carbons (Fsp3) is 0.833. The molecule has 0 aromatic carbocycles. The van der Waals surface area contributed by atoms with Gasteiger partial charge < -0.3 is 5.11 Å². The first-order valence-corrected chi connectivity index (χ1v) is 5.52. The number of aliphatic hydroxyl groups is 1. The monoisotopic (exact) mass is 178 g/mol. The highest BCUT2D eigenvalue weighted by Crippen LogP contribution is 2.74. The van der Waals surface area contributed by atoms with Gasteiger partial charge in [-0.15, -0.1) is 0 Å². The van der Waals surface area contributed by atoms with Gasteiger partial charge in [0.2, 0.25) is 0 Å². The molecule has 3 aliphatic carbocycles. The molecule has 1 N–H and O–H groups in total. The van der Waals surface area contributed by atoms with Crippen LogP contribution < -0.4 is 0 Å². The van der Waals surface area contributed by atoms with Crippen molar-refractivity contribution >= 4 is 0 Å². The molecule has 0 bridgehead atoms. The van der Waals surface area contributed by atoms with Crippen molar-refractivity contribution < 1.29 is 5.11 Å². The molecule has 0 radical (unpaired) electrons. The van der Waals surface area contributed by atoms with E-state index in [0.29, 0.717) is 5.41 Å². The maximum atomic E-state index is 10.1. The Bertz CT molecular complexity index is 304. The molecule has 1 nitrogen and oxygen atoms in total. The summed E-state index contributed by atoms with van der Waals surface area (Å²) in [4.78, 5) is 0. The van der Waals surface area contributed by atoms with E-state index in [1.165, 1.54) is 31.3 Å². The second kappa shape index (κ2) is 2.03. The fourth-order valence-corrected chi connectivity index (χ4v) is 4.46. The predicted octanol–water partition coefficient (Wildman–Crippen LogP) is 2.65. The summed E-state index contributed by atoms with van der Waals surface area (Å²) in [6.45, 7) is 4.53. The van der Waals surface area contributed by atoms with Crippen molar-refractivity contribution in [3.8, 4) is 0 Å². The first kappa shape index (κ1) is 8.05. The van der Waals surface area contributed by atoms with E-state index in [-0.39, 0.29) is 11.5 Å². The van der Waals surface area contributed by atoms with Crippen LogP contribution in [0.2, 0.25) is 0 Å². The Hall–Kier alpha value is -0.300. The molecule has 3 aliphatic rings. The molecule has 3 rings (SSSR count). The second-order valence-electron chi connectivity index (χ2n) is 5.30. The van der Waals surface area contributed by atoms with Crippen LogP contribution in [-0.2, 0) is 0 Å². The van der Waals surface area contributed by atoms with E-state index in [4.69, 9.17) is 0 Å². The SMILES string of the molecule is CC1=C2CCCC23CC[C@H](O)[C@]13C. The van der Waals surface area contributed by atoms with Gasteiger partial charge in [-0.25, -0.2) is 0 Å². The lowest BCUT2D eigenvalue weighted by Crippen LogP contribution is -2.50. The van der Waals surface area contributed by atoms with Gasteiger partial charge in [0.15, 0.2) is 0 Å². The number of allylic oxidation sites excluding steroid dienone is 1. The van der Waals surface area contributed by atoms with E-state index < -0.39 is 0 Å². The Morgan fingerprint density at radius 1 is 1.38 bits per heavy atom. The standard InChI is InChI=1S/C12H18O/c1-8-9-4-3-6-12(9)7-5-10(13)11(8,12)2/h10,13H,3-7H2,1-2H3/t10-,11-,12?/m0/s1. The van der Waals surface area contributed by atoms with Crippen molar-refractivity contribution in [1.82, 2.24) is 0 Å². The van der Waals surface area contributed by atoms with E-state index in [1.807, 2.05) is 0 Å². The van der Waals surface area contributed by atoms with Crippen LogP contribution in [0.5, 0.6) is 0 Å². The van der Waals surface area contributed by atoms with Gasteiger partial charge in [-0.2, -0.15) is 0 Å². The van der Waals surface area contributed by atoms with Crippen LogP contribution in [0.25, 0.3) is 0 Å². The second-order valence-corrected chi connectivity index (χ2v) is 5.30. The summed E-state index contributed by atoms with van der Waals surface area (Å²) in [7, 11) is 0. The molecular formula is C12H18O. The molecule has 72 valence electrons. The van der Waals surface area contributed by atoms with Gasteiger partial charge in [-0.1, -0.05) is 18.1 Å². The van der Waals surface area contributed by atoms with E-state index in [0.717, 1.165) is 6.42 Å². The molecular weight excluding hydrogens is 160 g/mol. The van der Waals surface area contributed by atoms with Crippen molar-refractivity contribution in [3.63, 3.8) is 0 Å². The van der Waals surface area contributed by atoms with Crippen LogP contribution in [0.4, 0.5) is 0 Å². The minimum atomic E-state index is -0.0608. The molecule has 1 unspecified atom stereocenters. The molecule has 3 atom stereocenters. The average Bonchev–Trinajstić information content (AvgIpc) is 2.62. The van der Waals surface area contributed by atoms with Crippen LogP contribution in [0.1, 0.15) is 46.0 Å². The Kier molecular flexibility index (Phi) is 1.26. The van der Waals surface area contributed by atoms with Gasteiger partial charge in [-0.3, -0.25) is 0 Å². The van der Waals surface area contributed by atoms with Gasteiger partial charge in [0.05, 0.1) is 6.10 Å². The van der Waals surface area contributed by atoms with Crippen LogP contribution >= 0.6 is 0 Å². The van der Waals surface area contributed by atoms with Crippen molar-refractivity contribution in [2.24, 2.45) is 10.8 Å². The first-order chi connectivity index (χ1) is 6.13. The Morgan fingerprint density at radius 2 is 2.15 bits per heavy atom. The third kappa shape index (κ3) is 0.576. The normalized spacial score (nSPS) is 53.3. The highest BCUT2D eigenvalue weighted by atomic mass is 16.3. The average molecular weight is 178 g/mol. The summed E-state index contributed by atoms with van der Waals surface area (Å²) in [5.41, 5.74) is 3.86. The van der Waals surface area contributed by atoms with Gasteiger partial charge in [0.25, 0.3) is 0 Å². The molecule has 0 saturated heterocycles. The molecule has 2 fully saturated rings. The number of rotatable bonds is 0. The number of aliphatic hydroxyl groups excluding tert-OH is 1. The van der Waals surface area contributed by atoms with Crippen molar-refractivity contribution in [2.75, 3.05) is 0 Å². The maximum Gasteiger partial charge on any atom is 0.0639 e. The summed E-state index contributed by atoms with van der Waals surface area (Å²) < 4.78 is 0. The third-order valence-electron chi connectivity index (χ3n) is 5.34. The summed E-state index contributed by atoms with van der Waals surface area (Å²) in [5, 5.41) is 10.1. The van der Waals surface area contributed by atoms with E-state index in [9.17, 15) is 5.11 Å². The third-order valence-corrected chi connectivity index (χ3v) is 5.34. The molecule has 0 aromatic rings. The lowest BCUT2D eigenvalue weighted by Gasteiger charge is -2.55. The molecule has 13 heavy (non-hydrogen) atoms. The summed E-state index contributed by atoms with van der Waals surface area (Å²) in [6, 6.07) is 0. The lowest BCUT2D eigenvalue weighted by atomic mass is 9.49. The minimum Gasteiger partial charge on any atom is -0.392 e. The summed E-state index contributed by atoms with van der Waals surface area (Å²) in [5.74, 6) is 0. The van der Waals surface area contributed by atoms with E-state index in [2.05, 4.69) is 13.8 Å². The summed E-state index contributed by atoms with van der Waals surface area (Å²) >= 11 is 0. The molecule has 1 spiro atoms. The molecule has 0 amide bonds. The van der Waals surface area contributed by atoms with Crippen molar-refractivity contribution in [1.29, 1.82) is 0 Å². The van der Waals surface area contributed by atoms with Crippen LogP contribution in [0.3, 0.4) is 0 Å². The Morgan fingerprint density at radius 3 is 2.92 bits per heavy atom. The highest BCUT2D eigenvalue weighted by molar-refractivity contribution is 5.47. The molecule has 0 aliphatic heterocycles. The molecule has 0 aromatic heterocycles. The minimum absolute atomic E-state index is 0.0608. The first-order valence-electron chi connectivity index (χ1n) is 5.52. The number of hydrogen-bond acceptors (Lipinski definition) is 1. The fourth-order valence-electron chi connectivity index (χ4n) is 4.46. The Balaban J connectivity index is 2.17. The topological polar surface area (TPSA) is 20.2 Å². The van der Waals surface area contributed by atoms with Gasteiger partial charge in [0, 0.05) is 10.8 Å². The zero-order valence-corrected chi connectivity index (χ0v) is 8.56. The van der Waals surface area contributed by atoms with E-state index in [1.54, 1.807) is 5.57 Å². The van der Waals surface area contributed by atoms with E-state index >= 15 is 0 Å². The molecule has 2 saturated carbocycles. The quantitative estimate of drug-likeness (QED) is 0.565. The zero-order valence-electron chi connectivity index (χ0n) is 8.56. The predicted molar refractivity (Wildman–Crippen MR) is 52.3 cm³/mol. The largest absolute Gasteiger partial charge is 0.392 e. The maximum absolute atomic E-state index is 10.1. The Labute approximate surface area is 79.8 Å². The van der Waals surface area contributed by atoms with Crippen LogP contribution in [0, 0.1) is 10.8 Å². The van der Waals surface area contributed by atoms with Crippen molar-refractivity contribution in [2.45, 2.75) is 52.1 Å². The van der Waals surface area contributed by atoms with Crippen molar-refractivity contribution in [3.05, 3.63) is 11.1 Å². The molecule has 0 heterocycles. The highest BCUT2D eigenvalue weighted by Gasteiger charge is 2.67. The molecule has 1 heteroatoms.